The molecule has 146 valence electrons. The Bertz CT molecular complexity index is 927. The number of benzene rings is 2. The van der Waals surface area contributed by atoms with Crippen molar-refractivity contribution in [3.63, 3.8) is 0 Å². The molecule has 1 heterocycles. The Kier molecular flexibility index (Phi) is 5.19. The Balaban J connectivity index is 1.47. The van der Waals surface area contributed by atoms with E-state index in [1.165, 1.54) is 0 Å². The van der Waals surface area contributed by atoms with Crippen LogP contribution >= 0.6 is 0 Å². The zero-order chi connectivity index (χ0) is 19.5. The molecule has 3 aromatic rings. The molecule has 1 unspecified atom stereocenters. The maximum atomic E-state index is 12.8. The highest BCUT2D eigenvalue weighted by Crippen LogP contribution is 2.32. The number of rotatable bonds is 5. The maximum absolute atomic E-state index is 12.8. The molecule has 1 fully saturated rings. The summed E-state index contributed by atoms with van der Waals surface area (Å²) >= 11 is 0. The number of nitrogens with one attached hydrogen (secondary N) is 2. The Morgan fingerprint density at radius 3 is 2.57 bits per heavy atom. The lowest BCUT2D eigenvalue weighted by molar-refractivity contribution is 0.0924. The van der Waals surface area contributed by atoms with Crippen LogP contribution in [0.25, 0.3) is 11.0 Å². The number of ether oxygens (including phenoxy) is 2. The largest absolute Gasteiger partial charge is 0.497 e. The van der Waals surface area contributed by atoms with Crippen molar-refractivity contribution >= 4 is 16.9 Å². The minimum Gasteiger partial charge on any atom is -0.497 e. The fourth-order valence-electron chi connectivity index (χ4n) is 3.94. The summed E-state index contributed by atoms with van der Waals surface area (Å²) in [5.74, 6) is 2.45. The number of carbonyl (C=O) groups excluding carboxylic acids is 1. The summed E-state index contributed by atoms with van der Waals surface area (Å²) in [4.78, 5) is 21.0. The first-order chi connectivity index (χ1) is 13.7. The summed E-state index contributed by atoms with van der Waals surface area (Å²) in [7, 11) is 3.16. The third-order valence-electron chi connectivity index (χ3n) is 5.42. The van der Waals surface area contributed by atoms with E-state index in [1.807, 2.05) is 24.3 Å². The summed E-state index contributed by atoms with van der Waals surface area (Å²) in [5.41, 5.74) is 2.60. The smallest absolute Gasteiger partial charge is 0.251 e. The Morgan fingerprint density at radius 2 is 1.86 bits per heavy atom. The molecule has 1 aromatic heterocycles. The predicted molar refractivity (Wildman–Crippen MR) is 108 cm³/mol. The van der Waals surface area contributed by atoms with E-state index in [0.717, 1.165) is 42.5 Å². The van der Waals surface area contributed by atoms with Gasteiger partial charge in [-0.3, -0.25) is 4.79 Å². The third kappa shape index (κ3) is 3.81. The van der Waals surface area contributed by atoms with Gasteiger partial charge in [0.15, 0.2) is 0 Å². The zero-order valence-corrected chi connectivity index (χ0v) is 16.2. The van der Waals surface area contributed by atoms with E-state index in [9.17, 15) is 4.79 Å². The number of hydrogen-bond donors (Lipinski definition) is 2. The average Bonchev–Trinajstić information content (AvgIpc) is 3.18. The summed E-state index contributed by atoms with van der Waals surface area (Å²) in [5, 5.41) is 3.18. The van der Waals surface area contributed by atoms with Gasteiger partial charge in [0.25, 0.3) is 5.91 Å². The number of fused-ring (bicyclic) bond motifs is 1. The van der Waals surface area contributed by atoms with Crippen LogP contribution in [0.1, 0.15) is 47.8 Å². The van der Waals surface area contributed by atoms with Crippen molar-refractivity contribution in [3.8, 4) is 11.5 Å². The van der Waals surface area contributed by atoms with Crippen LogP contribution in [-0.2, 0) is 0 Å². The molecule has 1 aliphatic carbocycles. The number of aromatic nitrogens is 2. The van der Waals surface area contributed by atoms with Crippen molar-refractivity contribution in [1.82, 2.24) is 15.3 Å². The van der Waals surface area contributed by atoms with Crippen LogP contribution in [0.4, 0.5) is 0 Å². The van der Waals surface area contributed by atoms with E-state index in [2.05, 4.69) is 10.3 Å². The Morgan fingerprint density at radius 1 is 1.11 bits per heavy atom. The van der Waals surface area contributed by atoms with Gasteiger partial charge in [0.1, 0.15) is 17.3 Å². The highest BCUT2D eigenvalue weighted by Gasteiger charge is 2.27. The van der Waals surface area contributed by atoms with Crippen LogP contribution in [0.2, 0.25) is 0 Å². The molecule has 0 radical (unpaired) electrons. The van der Waals surface area contributed by atoms with Gasteiger partial charge in [0.2, 0.25) is 0 Å². The van der Waals surface area contributed by atoms with Gasteiger partial charge in [-0.15, -0.1) is 0 Å². The number of aromatic amines is 1. The van der Waals surface area contributed by atoms with Crippen molar-refractivity contribution in [2.45, 2.75) is 37.6 Å². The van der Waals surface area contributed by atoms with Gasteiger partial charge in [-0.2, -0.15) is 0 Å². The molecule has 6 nitrogen and oxygen atoms in total. The quantitative estimate of drug-likeness (QED) is 0.702. The molecule has 1 saturated carbocycles. The van der Waals surface area contributed by atoms with E-state index >= 15 is 0 Å². The lowest BCUT2D eigenvalue weighted by atomic mass is 9.85. The summed E-state index contributed by atoms with van der Waals surface area (Å²) in [6.07, 6.45) is 4.00. The standard InChI is InChI=1S/C22H25N3O3/c1-27-17-11-15(12-18(13-17)28-2)22(26)23-16-7-5-6-14(10-16)21-24-19-8-3-4-9-20(19)25-21/h3-4,8-9,11-14,16H,5-7,10H2,1-2H3,(H,23,26)(H,24,25)/t14?,16-/m0/s1. The predicted octanol–water partition coefficient (Wildman–Crippen LogP) is 4.04. The van der Waals surface area contributed by atoms with Crippen LogP contribution in [0, 0.1) is 0 Å². The molecule has 1 aliphatic rings. The SMILES string of the molecule is COc1cc(OC)cc(C(=O)N[C@H]2CCCC(c3nc4ccccc4[nH]3)C2)c1. The lowest BCUT2D eigenvalue weighted by Crippen LogP contribution is -2.38. The third-order valence-corrected chi connectivity index (χ3v) is 5.42. The highest BCUT2D eigenvalue weighted by molar-refractivity contribution is 5.95. The second-order valence-corrected chi connectivity index (χ2v) is 7.27. The minimum atomic E-state index is -0.104. The van der Waals surface area contributed by atoms with Gasteiger partial charge in [0.05, 0.1) is 25.3 Å². The minimum absolute atomic E-state index is 0.104. The molecule has 2 aromatic carbocycles. The summed E-state index contributed by atoms with van der Waals surface area (Å²) in [6.45, 7) is 0. The Labute approximate surface area is 164 Å². The van der Waals surface area contributed by atoms with Gasteiger partial charge < -0.3 is 19.8 Å². The number of methoxy groups -OCH3 is 2. The molecule has 4 rings (SSSR count). The Hall–Kier alpha value is -3.02. The van der Waals surface area contributed by atoms with Crippen molar-refractivity contribution in [1.29, 1.82) is 0 Å². The van der Waals surface area contributed by atoms with Crippen molar-refractivity contribution in [2.75, 3.05) is 14.2 Å². The molecule has 0 aliphatic heterocycles. The lowest BCUT2D eigenvalue weighted by Gasteiger charge is -2.28. The second kappa shape index (κ2) is 7.92. The van der Waals surface area contributed by atoms with E-state index in [0.29, 0.717) is 23.0 Å². The van der Waals surface area contributed by atoms with Crippen LogP contribution in [0.15, 0.2) is 42.5 Å². The first-order valence-corrected chi connectivity index (χ1v) is 9.65. The molecule has 6 heteroatoms. The van der Waals surface area contributed by atoms with Gasteiger partial charge in [-0.05, 0) is 43.5 Å². The molecule has 0 spiro atoms. The van der Waals surface area contributed by atoms with Crippen molar-refractivity contribution < 1.29 is 14.3 Å². The molecule has 1 amide bonds. The normalized spacial score (nSPS) is 19.4. The fourth-order valence-corrected chi connectivity index (χ4v) is 3.94. The van der Waals surface area contributed by atoms with Crippen LogP contribution in [0.3, 0.4) is 0 Å². The van der Waals surface area contributed by atoms with Gasteiger partial charge >= 0.3 is 0 Å². The molecule has 2 N–H and O–H groups in total. The highest BCUT2D eigenvalue weighted by atomic mass is 16.5. The van der Waals surface area contributed by atoms with Crippen LogP contribution in [0.5, 0.6) is 11.5 Å². The first kappa shape index (κ1) is 18.3. The first-order valence-electron chi connectivity index (χ1n) is 9.65. The van der Waals surface area contributed by atoms with Gasteiger partial charge in [-0.1, -0.05) is 18.6 Å². The summed E-state index contributed by atoms with van der Waals surface area (Å²) < 4.78 is 10.5. The van der Waals surface area contributed by atoms with E-state index in [1.54, 1.807) is 32.4 Å². The number of nitrogens with zero attached hydrogens (tertiary/aromatic N) is 1. The second-order valence-electron chi connectivity index (χ2n) is 7.27. The topological polar surface area (TPSA) is 76.2 Å². The van der Waals surface area contributed by atoms with Gasteiger partial charge in [-0.25, -0.2) is 4.98 Å². The molecule has 0 saturated heterocycles. The number of H-pyrrole nitrogens is 1. The molecule has 28 heavy (non-hydrogen) atoms. The number of para-hydroxylation sites is 2. The maximum Gasteiger partial charge on any atom is 0.251 e. The fraction of sp³-hybridized carbons (Fsp3) is 0.364. The van der Waals surface area contributed by atoms with Crippen LogP contribution in [-0.4, -0.2) is 36.1 Å². The molecule has 0 bridgehead atoms. The van der Waals surface area contributed by atoms with E-state index < -0.39 is 0 Å². The monoisotopic (exact) mass is 379 g/mol. The zero-order valence-electron chi connectivity index (χ0n) is 16.2. The molecule has 2 atom stereocenters. The average molecular weight is 379 g/mol. The van der Waals surface area contributed by atoms with Gasteiger partial charge in [0, 0.05) is 23.6 Å². The van der Waals surface area contributed by atoms with E-state index in [-0.39, 0.29) is 11.9 Å². The van der Waals surface area contributed by atoms with Crippen molar-refractivity contribution in [3.05, 3.63) is 53.9 Å². The number of carbonyl (C=O) groups is 1. The van der Waals surface area contributed by atoms with E-state index in [4.69, 9.17) is 14.5 Å². The molecular formula is C22H25N3O3. The number of hydrogen-bond acceptors (Lipinski definition) is 4. The summed E-state index contributed by atoms with van der Waals surface area (Å²) in [6, 6.07) is 13.4. The number of imidazole rings is 1. The van der Waals surface area contributed by atoms with Crippen molar-refractivity contribution in [2.24, 2.45) is 0 Å². The number of amides is 1. The molecular weight excluding hydrogens is 354 g/mol. The van der Waals surface area contributed by atoms with Crippen LogP contribution < -0.4 is 14.8 Å².